The third-order valence-corrected chi connectivity index (χ3v) is 3.73. The van der Waals surface area contributed by atoms with Crippen LogP contribution in [0, 0.1) is 17.6 Å². The van der Waals surface area contributed by atoms with Gasteiger partial charge in [0.05, 0.1) is 0 Å². The van der Waals surface area contributed by atoms with Gasteiger partial charge in [0, 0.05) is 37.8 Å². The average molecular weight is 284 g/mol. The van der Waals surface area contributed by atoms with E-state index in [0.717, 1.165) is 38.3 Å². The van der Waals surface area contributed by atoms with Crippen LogP contribution in [0.25, 0.3) is 0 Å². The van der Waals surface area contributed by atoms with Gasteiger partial charge in [-0.05, 0) is 24.5 Å². The van der Waals surface area contributed by atoms with E-state index in [4.69, 9.17) is 0 Å². The van der Waals surface area contributed by atoms with Crippen molar-refractivity contribution in [1.82, 2.24) is 10.2 Å². The third-order valence-electron chi connectivity index (χ3n) is 3.73. The van der Waals surface area contributed by atoms with Crippen molar-refractivity contribution >= 4 is 0 Å². The summed E-state index contributed by atoms with van der Waals surface area (Å²) in [6.45, 7) is 7.28. The van der Waals surface area contributed by atoms with Crippen LogP contribution in [0.15, 0.2) is 12.1 Å². The zero-order chi connectivity index (χ0) is 14.7. The Morgan fingerprint density at radius 1 is 1.20 bits per heavy atom. The topological polar surface area (TPSA) is 35.5 Å². The van der Waals surface area contributed by atoms with Gasteiger partial charge in [-0.2, -0.15) is 0 Å². The van der Waals surface area contributed by atoms with Gasteiger partial charge in [0.15, 0.2) is 11.6 Å². The van der Waals surface area contributed by atoms with Gasteiger partial charge in [0.1, 0.15) is 5.82 Å². The van der Waals surface area contributed by atoms with Gasteiger partial charge in [0.25, 0.3) is 0 Å². The van der Waals surface area contributed by atoms with Gasteiger partial charge in [-0.15, -0.1) is 0 Å². The number of halogens is 2. The van der Waals surface area contributed by atoms with Gasteiger partial charge in [0.2, 0.25) is 0 Å². The summed E-state index contributed by atoms with van der Waals surface area (Å²) in [6.07, 6.45) is 0.688. The lowest BCUT2D eigenvalue weighted by molar-refractivity contribution is 0.147. The molecule has 0 aliphatic carbocycles. The molecule has 1 fully saturated rings. The first kappa shape index (κ1) is 15.2. The number of hydrogen-bond acceptors (Lipinski definition) is 3. The first-order valence-corrected chi connectivity index (χ1v) is 7.12. The van der Waals surface area contributed by atoms with Gasteiger partial charge in [-0.1, -0.05) is 13.8 Å². The smallest absolute Gasteiger partial charge is 0.165 e. The van der Waals surface area contributed by atoms with Crippen LogP contribution >= 0.6 is 0 Å². The van der Waals surface area contributed by atoms with Gasteiger partial charge >= 0.3 is 0 Å². The number of phenolic OH excluding ortho intramolecular Hbond substituents is 1. The molecule has 112 valence electrons. The molecule has 0 unspecified atom stereocenters. The number of rotatable bonds is 4. The second-order valence-electron chi connectivity index (χ2n) is 5.72. The number of nitrogens with zero attached hydrogens (tertiary/aromatic N) is 1. The quantitative estimate of drug-likeness (QED) is 0.892. The Kier molecular flexibility index (Phi) is 4.94. The van der Waals surface area contributed by atoms with E-state index in [2.05, 4.69) is 10.2 Å². The molecular formula is C15H22F2N2O. The second kappa shape index (κ2) is 6.50. The highest BCUT2D eigenvalue weighted by Gasteiger charge is 2.29. The predicted octanol–water partition coefficient (Wildman–Crippen LogP) is 2.66. The predicted molar refractivity (Wildman–Crippen MR) is 74.7 cm³/mol. The van der Waals surface area contributed by atoms with Crippen LogP contribution in [0.1, 0.15) is 31.9 Å². The van der Waals surface area contributed by atoms with E-state index in [9.17, 15) is 13.9 Å². The fourth-order valence-electron chi connectivity index (χ4n) is 2.76. The standard InChI is InChI=1S/C15H22F2N2O/c1-10(2)9-13(19-7-5-18-6-8-19)14-11(16)3-4-12(17)15(14)20/h3-4,10,13,18,20H,5-9H2,1-2H3/t13-/m1/s1. The van der Waals surface area contributed by atoms with Gasteiger partial charge in [-0.25, -0.2) is 8.78 Å². The Morgan fingerprint density at radius 3 is 2.40 bits per heavy atom. The highest BCUT2D eigenvalue weighted by molar-refractivity contribution is 5.37. The zero-order valence-electron chi connectivity index (χ0n) is 12.0. The van der Waals surface area contributed by atoms with Crippen molar-refractivity contribution in [3.63, 3.8) is 0 Å². The lowest BCUT2D eigenvalue weighted by Crippen LogP contribution is -2.45. The molecule has 5 heteroatoms. The summed E-state index contributed by atoms with van der Waals surface area (Å²) in [6, 6.07) is 1.78. The fraction of sp³-hybridized carbons (Fsp3) is 0.600. The van der Waals surface area contributed by atoms with E-state index in [1.807, 2.05) is 13.8 Å². The molecule has 20 heavy (non-hydrogen) atoms. The Hall–Kier alpha value is -1.20. The van der Waals surface area contributed by atoms with Crippen molar-refractivity contribution in [2.45, 2.75) is 26.3 Å². The van der Waals surface area contributed by atoms with Gasteiger partial charge in [-0.3, -0.25) is 4.90 Å². The first-order chi connectivity index (χ1) is 9.50. The van der Waals surface area contributed by atoms with Gasteiger partial charge < -0.3 is 10.4 Å². The van der Waals surface area contributed by atoms with Crippen LogP contribution in [0.4, 0.5) is 8.78 Å². The maximum Gasteiger partial charge on any atom is 0.165 e. The molecule has 0 bridgehead atoms. The summed E-state index contributed by atoms with van der Waals surface area (Å²) in [5, 5.41) is 13.2. The van der Waals surface area contributed by atoms with Crippen LogP contribution in [-0.2, 0) is 0 Å². The van der Waals surface area contributed by atoms with Crippen LogP contribution in [0.3, 0.4) is 0 Å². The number of nitrogens with one attached hydrogen (secondary N) is 1. The molecular weight excluding hydrogens is 262 g/mol. The van der Waals surface area contributed by atoms with Crippen LogP contribution in [0.2, 0.25) is 0 Å². The van der Waals surface area contributed by atoms with E-state index < -0.39 is 17.4 Å². The third kappa shape index (κ3) is 3.27. The fourth-order valence-corrected chi connectivity index (χ4v) is 2.76. The molecule has 1 aliphatic heterocycles. The molecule has 0 spiro atoms. The molecule has 2 N–H and O–H groups in total. The molecule has 1 heterocycles. The van der Waals surface area contributed by atoms with E-state index in [1.165, 1.54) is 0 Å². The maximum absolute atomic E-state index is 14.1. The minimum atomic E-state index is -0.759. The molecule has 1 aromatic carbocycles. The number of piperazine rings is 1. The Labute approximate surface area is 118 Å². The largest absolute Gasteiger partial charge is 0.505 e. The second-order valence-corrected chi connectivity index (χ2v) is 5.72. The van der Waals surface area contributed by atoms with Crippen molar-refractivity contribution in [3.8, 4) is 5.75 Å². The summed E-state index contributed by atoms with van der Waals surface area (Å²) >= 11 is 0. The molecule has 1 atom stereocenters. The van der Waals surface area contributed by atoms with E-state index in [1.54, 1.807) is 0 Å². The number of phenols is 1. The van der Waals surface area contributed by atoms with E-state index in [0.29, 0.717) is 12.3 Å². The molecule has 0 radical (unpaired) electrons. The first-order valence-electron chi connectivity index (χ1n) is 7.12. The Bertz CT molecular complexity index is 459. The van der Waals surface area contributed by atoms with E-state index in [-0.39, 0.29) is 11.6 Å². The molecule has 0 aromatic heterocycles. The highest BCUT2D eigenvalue weighted by atomic mass is 19.1. The molecule has 0 saturated carbocycles. The summed E-state index contributed by atoms with van der Waals surface area (Å²) in [7, 11) is 0. The van der Waals surface area contributed by atoms with Crippen molar-refractivity contribution in [2.75, 3.05) is 26.2 Å². The van der Waals surface area contributed by atoms with Crippen molar-refractivity contribution in [3.05, 3.63) is 29.3 Å². The molecule has 1 saturated heterocycles. The Morgan fingerprint density at radius 2 is 1.80 bits per heavy atom. The molecule has 1 aliphatic rings. The molecule has 2 rings (SSSR count). The molecule has 3 nitrogen and oxygen atoms in total. The lowest BCUT2D eigenvalue weighted by atomic mass is 9.93. The zero-order valence-corrected chi connectivity index (χ0v) is 12.0. The SMILES string of the molecule is CC(C)C[C@H](c1c(F)ccc(F)c1O)N1CCNCC1. The van der Waals surface area contributed by atoms with Crippen LogP contribution in [-0.4, -0.2) is 36.2 Å². The van der Waals surface area contributed by atoms with E-state index >= 15 is 0 Å². The summed E-state index contributed by atoms with van der Waals surface area (Å²) in [4.78, 5) is 2.12. The van der Waals surface area contributed by atoms with Crippen molar-refractivity contribution in [1.29, 1.82) is 0 Å². The number of benzene rings is 1. The summed E-state index contributed by atoms with van der Waals surface area (Å²) in [5.41, 5.74) is 0.0978. The monoisotopic (exact) mass is 284 g/mol. The van der Waals surface area contributed by atoms with Crippen molar-refractivity contribution in [2.24, 2.45) is 5.92 Å². The maximum atomic E-state index is 14.1. The lowest BCUT2D eigenvalue weighted by Gasteiger charge is -2.36. The van der Waals surface area contributed by atoms with Crippen LogP contribution in [0.5, 0.6) is 5.75 Å². The number of aromatic hydroxyl groups is 1. The van der Waals surface area contributed by atoms with Crippen molar-refractivity contribution < 1.29 is 13.9 Å². The van der Waals surface area contributed by atoms with Crippen LogP contribution < -0.4 is 5.32 Å². The average Bonchev–Trinajstić information content (AvgIpc) is 2.43. The summed E-state index contributed by atoms with van der Waals surface area (Å²) < 4.78 is 27.7. The minimum Gasteiger partial charge on any atom is -0.505 e. The number of hydrogen-bond donors (Lipinski definition) is 2. The molecule has 0 amide bonds. The highest BCUT2D eigenvalue weighted by Crippen LogP contribution is 2.37. The molecule has 1 aromatic rings. The summed E-state index contributed by atoms with van der Waals surface area (Å²) in [5.74, 6) is -1.51. The normalized spacial score (nSPS) is 18.4. The Balaban J connectivity index is 2.37. The minimum absolute atomic E-state index is 0.0978.